The number of rotatable bonds is 5. The van der Waals surface area contributed by atoms with Crippen molar-refractivity contribution in [1.82, 2.24) is 4.57 Å². The van der Waals surface area contributed by atoms with Crippen molar-refractivity contribution in [2.24, 2.45) is 4.99 Å². The molecule has 1 aromatic heterocycles. The molecule has 0 atom stereocenters. The summed E-state index contributed by atoms with van der Waals surface area (Å²) in [6, 6.07) is 10.9. The lowest BCUT2D eigenvalue weighted by Gasteiger charge is -2.12. The molecule has 2 aromatic carbocycles. The number of benzene rings is 2. The molecule has 0 unspecified atom stereocenters. The summed E-state index contributed by atoms with van der Waals surface area (Å²) in [6.07, 6.45) is 5.49. The number of aromatic nitrogens is 1. The fourth-order valence-electron chi connectivity index (χ4n) is 2.71. The Balaban J connectivity index is 2.14. The average molecular weight is 382 g/mol. The van der Waals surface area contributed by atoms with E-state index in [-0.39, 0.29) is 0 Å². The highest BCUT2D eigenvalue weighted by atomic mass is 32.1. The van der Waals surface area contributed by atoms with Gasteiger partial charge >= 0.3 is 0 Å². The number of methoxy groups -OCH3 is 3. The Morgan fingerprint density at radius 3 is 2.41 bits per heavy atom. The van der Waals surface area contributed by atoms with Crippen molar-refractivity contribution in [3.05, 3.63) is 46.8 Å². The second-order valence-electron chi connectivity index (χ2n) is 5.47. The number of hydrogen-bond acceptors (Lipinski definition) is 5. The zero-order chi connectivity index (χ0) is 19.4. The van der Waals surface area contributed by atoms with Gasteiger partial charge in [-0.2, -0.15) is 4.99 Å². The molecule has 27 heavy (non-hydrogen) atoms. The number of hydrogen-bond donors (Lipinski definition) is 0. The number of thiazole rings is 1. The molecule has 1 heterocycles. The zero-order valence-corrected chi connectivity index (χ0v) is 16.0. The lowest BCUT2D eigenvalue weighted by Crippen LogP contribution is -2.16. The number of carbonyl (C=O) groups excluding carboxylic acids is 1. The number of para-hydroxylation sites is 1. The van der Waals surface area contributed by atoms with Crippen LogP contribution in [0, 0.1) is 12.3 Å². The van der Waals surface area contributed by atoms with Gasteiger partial charge in [0.15, 0.2) is 16.3 Å². The van der Waals surface area contributed by atoms with E-state index in [1.54, 1.807) is 12.1 Å². The lowest BCUT2D eigenvalue weighted by molar-refractivity contribution is 0.0997. The number of terminal acetylenes is 1. The van der Waals surface area contributed by atoms with Crippen molar-refractivity contribution in [1.29, 1.82) is 0 Å². The lowest BCUT2D eigenvalue weighted by atomic mass is 10.1. The Morgan fingerprint density at radius 2 is 1.81 bits per heavy atom. The number of ether oxygens (including phenoxy) is 3. The van der Waals surface area contributed by atoms with E-state index in [2.05, 4.69) is 10.9 Å². The van der Waals surface area contributed by atoms with Crippen molar-refractivity contribution >= 4 is 27.5 Å². The maximum Gasteiger partial charge on any atom is 0.279 e. The largest absolute Gasteiger partial charge is 0.493 e. The van der Waals surface area contributed by atoms with Crippen LogP contribution >= 0.6 is 11.3 Å². The highest BCUT2D eigenvalue weighted by molar-refractivity contribution is 7.16. The Morgan fingerprint density at radius 1 is 1.15 bits per heavy atom. The quantitative estimate of drug-likeness (QED) is 0.636. The maximum atomic E-state index is 12.8. The van der Waals surface area contributed by atoms with Crippen LogP contribution in [-0.2, 0) is 6.54 Å². The van der Waals surface area contributed by atoms with Crippen LogP contribution in [0.2, 0.25) is 0 Å². The van der Waals surface area contributed by atoms with E-state index < -0.39 is 5.91 Å². The molecule has 1 amide bonds. The smallest absolute Gasteiger partial charge is 0.279 e. The first-order valence-corrected chi connectivity index (χ1v) is 8.85. The van der Waals surface area contributed by atoms with Gasteiger partial charge in [0.05, 0.1) is 38.1 Å². The summed E-state index contributed by atoms with van der Waals surface area (Å²) >= 11 is 1.41. The van der Waals surface area contributed by atoms with Gasteiger partial charge in [-0.15, -0.1) is 6.42 Å². The van der Waals surface area contributed by atoms with E-state index in [9.17, 15) is 4.79 Å². The normalized spacial score (nSPS) is 11.3. The third-order valence-electron chi connectivity index (χ3n) is 3.95. The average Bonchev–Trinajstić information content (AvgIpc) is 3.04. The fraction of sp³-hybridized carbons (Fsp3) is 0.200. The summed E-state index contributed by atoms with van der Waals surface area (Å²) in [5.41, 5.74) is 1.27. The van der Waals surface area contributed by atoms with Crippen LogP contribution < -0.4 is 19.0 Å². The highest BCUT2D eigenvalue weighted by Gasteiger charge is 2.17. The summed E-state index contributed by atoms with van der Waals surface area (Å²) in [6.45, 7) is 0.325. The van der Waals surface area contributed by atoms with Crippen LogP contribution in [0.5, 0.6) is 17.2 Å². The van der Waals surface area contributed by atoms with Gasteiger partial charge in [0.1, 0.15) is 0 Å². The van der Waals surface area contributed by atoms with Gasteiger partial charge in [-0.3, -0.25) is 4.79 Å². The minimum absolute atomic E-state index is 0.325. The third-order valence-corrected chi connectivity index (χ3v) is 5.01. The van der Waals surface area contributed by atoms with Crippen LogP contribution in [0.4, 0.5) is 0 Å². The molecule has 0 aliphatic carbocycles. The molecule has 3 aromatic rings. The van der Waals surface area contributed by atoms with E-state index in [4.69, 9.17) is 20.6 Å². The highest BCUT2D eigenvalue weighted by Crippen LogP contribution is 2.38. The predicted octanol–water partition coefficient (Wildman–Crippen LogP) is 3.10. The summed E-state index contributed by atoms with van der Waals surface area (Å²) in [5.74, 6) is 3.39. The van der Waals surface area contributed by atoms with E-state index >= 15 is 0 Å². The predicted molar refractivity (Wildman–Crippen MR) is 105 cm³/mol. The molecule has 0 bridgehead atoms. The van der Waals surface area contributed by atoms with Gasteiger partial charge in [0, 0.05) is 5.56 Å². The van der Waals surface area contributed by atoms with Crippen LogP contribution in [0.3, 0.4) is 0 Å². The number of fused-ring (bicyclic) bond motifs is 1. The zero-order valence-electron chi connectivity index (χ0n) is 15.2. The Labute approximate surface area is 160 Å². The molecule has 3 rings (SSSR count). The minimum Gasteiger partial charge on any atom is -0.493 e. The van der Waals surface area contributed by atoms with Crippen molar-refractivity contribution in [3.63, 3.8) is 0 Å². The third kappa shape index (κ3) is 3.52. The van der Waals surface area contributed by atoms with Crippen LogP contribution in [-0.4, -0.2) is 31.8 Å². The van der Waals surface area contributed by atoms with Crippen LogP contribution in [0.25, 0.3) is 10.2 Å². The fourth-order valence-corrected chi connectivity index (χ4v) is 3.73. The number of amides is 1. The maximum absolute atomic E-state index is 12.8. The van der Waals surface area contributed by atoms with Crippen molar-refractivity contribution < 1.29 is 19.0 Å². The van der Waals surface area contributed by atoms with Gasteiger partial charge in [0.2, 0.25) is 5.75 Å². The molecule has 0 aliphatic rings. The first kappa shape index (κ1) is 18.5. The van der Waals surface area contributed by atoms with Gasteiger partial charge in [-0.05, 0) is 24.3 Å². The van der Waals surface area contributed by atoms with E-state index in [0.717, 1.165) is 10.2 Å². The monoisotopic (exact) mass is 382 g/mol. The second kappa shape index (κ2) is 7.98. The van der Waals surface area contributed by atoms with E-state index in [1.807, 2.05) is 28.8 Å². The summed E-state index contributed by atoms with van der Waals surface area (Å²) in [7, 11) is 4.50. The topological polar surface area (TPSA) is 62.1 Å². The molecule has 0 N–H and O–H groups in total. The molecule has 0 aliphatic heterocycles. The minimum atomic E-state index is -0.424. The molecule has 0 spiro atoms. The standard InChI is InChI=1S/C20H18N2O4S/c1-5-10-22-14-8-6-7-9-17(14)27-20(22)21-19(23)13-11-15(24-2)18(26-4)16(12-13)25-3/h1,6-9,11-12H,10H2,2-4H3. The Kier molecular flexibility index (Phi) is 5.48. The second-order valence-corrected chi connectivity index (χ2v) is 6.48. The van der Waals surface area contributed by atoms with E-state index in [1.165, 1.54) is 32.7 Å². The molecular weight excluding hydrogens is 364 g/mol. The first-order valence-electron chi connectivity index (χ1n) is 8.03. The molecule has 0 saturated carbocycles. The number of nitrogens with zero attached hydrogens (tertiary/aromatic N) is 2. The summed E-state index contributed by atoms with van der Waals surface area (Å²) in [4.78, 5) is 17.6. The van der Waals surface area contributed by atoms with Gasteiger partial charge in [0.25, 0.3) is 5.91 Å². The van der Waals surface area contributed by atoms with Gasteiger partial charge in [-0.25, -0.2) is 0 Å². The molecule has 0 fully saturated rings. The van der Waals surface area contributed by atoms with Crippen molar-refractivity contribution in [3.8, 4) is 29.6 Å². The molecular formula is C20H18N2O4S. The number of carbonyl (C=O) groups is 1. The van der Waals surface area contributed by atoms with Crippen molar-refractivity contribution in [2.45, 2.75) is 6.54 Å². The van der Waals surface area contributed by atoms with Crippen molar-refractivity contribution in [2.75, 3.05) is 21.3 Å². The molecule has 138 valence electrons. The Hall–Kier alpha value is -3.24. The van der Waals surface area contributed by atoms with Crippen LogP contribution in [0.1, 0.15) is 10.4 Å². The van der Waals surface area contributed by atoms with Gasteiger partial charge < -0.3 is 18.8 Å². The summed E-state index contributed by atoms with van der Waals surface area (Å²) < 4.78 is 18.7. The Bertz CT molecular complexity index is 1080. The SMILES string of the molecule is C#CCn1c(=NC(=O)c2cc(OC)c(OC)c(OC)c2)sc2ccccc21. The van der Waals surface area contributed by atoms with E-state index in [0.29, 0.717) is 34.2 Å². The van der Waals surface area contributed by atoms with Gasteiger partial charge in [-0.1, -0.05) is 29.4 Å². The summed E-state index contributed by atoms with van der Waals surface area (Å²) in [5, 5.41) is 0. The van der Waals surface area contributed by atoms with Crippen LogP contribution in [0.15, 0.2) is 41.4 Å². The molecule has 6 nitrogen and oxygen atoms in total. The molecule has 0 saturated heterocycles. The molecule has 7 heteroatoms. The first-order chi connectivity index (χ1) is 13.1. The molecule has 0 radical (unpaired) electrons.